The fourth-order valence-corrected chi connectivity index (χ4v) is 2.08. The van der Waals surface area contributed by atoms with Crippen LogP contribution in [0.2, 0.25) is 0 Å². The first kappa shape index (κ1) is 9.01. The maximum atomic E-state index is 10.9. The van der Waals surface area contributed by atoms with Crippen molar-refractivity contribution in [2.75, 3.05) is 11.9 Å². The number of aromatic nitrogens is 2. The minimum Gasteiger partial charge on any atom is -0.351 e. The van der Waals surface area contributed by atoms with Crippen LogP contribution in [-0.2, 0) is 0 Å². The molecule has 6 heteroatoms. The average molecular weight is 210 g/mol. The molecule has 0 aromatic carbocycles. The monoisotopic (exact) mass is 210 g/mol. The van der Waals surface area contributed by atoms with Gasteiger partial charge in [-0.1, -0.05) is 0 Å². The Bertz CT molecular complexity index is 486. The molecule has 74 valence electrons. The molecule has 5 nitrogen and oxygen atoms in total. The third-order valence-corrected chi connectivity index (χ3v) is 2.89. The summed E-state index contributed by atoms with van der Waals surface area (Å²) in [6, 6.07) is -0.513. The highest BCUT2D eigenvalue weighted by Crippen LogP contribution is 2.22. The van der Waals surface area contributed by atoms with Crippen LogP contribution in [-0.4, -0.2) is 22.5 Å². The Kier molecular flexibility index (Phi) is 1.92. The summed E-state index contributed by atoms with van der Waals surface area (Å²) in [4.78, 5) is 18.6. The molecular formula is C8H10N4OS. The Morgan fingerprint density at radius 2 is 2.43 bits per heavy atom. The van der Waals surface area contributed by atoms with E-state index < -0.39 is 6.03 Å². The maximum absolute atomic E-state index is 10.9. The first-order chi connectivity index (χ1) is 6.59. The van der Waals surface area contributed by atoms with Crippen LogP contribution in [0.1, 0.15) is 4.88 Å². The Morgan fingerprint density at radius 1 is 1.71 bits per heavy atom. The number of imidazole rings is 1. The lowest BCUT2D eigenvalue weighted by molar-refractivity contribution is 0.255. The van der Waals surface area contributed by atoms with Crippen molar-refractivity contribution in [3.05, 3.63) is 17.3 Å². The molecular weight excluding hydrogens is 200 g/mol. The Morgan fingerprint density at radius 3 is 3.07 bits per heavy atom. The summed E-state index contributed by atoms with van der Waals surface area (Å²) < 4.78 is 1.85. The molecule has 0 saturated carbocycles. The van der Waals surface area contributed by atoms with Gasteiger partial charge in [-0.3, -0.25) is 9.30 Å². The maximum Gasteiger partial charge on any atom is 0.321 e. The van der Waals surface area contributed by atoms with Crippen molar-refractivity contribution >= 4 is 28.1 Å². The molecule has 0 atom stereocenters. The number of urea groups is 1. The molecule has 0 bridgehead atoms. The molecule has 2 aromatic rings. The number of aryl methyl sites for hydroxylation is 1. The molecule has 0 aliphatic heterocycles. The number of nitrogens with two attached hydrogens (primary N) is 1. The zero-order valence-electron chi connectivity index (χ0n) is 7.89. The van der Waals surface area contributed by atoms with E-state index >= 15 is 0 Å². The molecule has 0 spiro atoms. The number of nitrogens with zero attached hydrogens (tertiary/aromatic N) is 3. The summed E-state index contributed by atoms with van der Waals surface area (Å²) in [6.07, 6.45) is 3.66. The zero-order valence-corrected chi connectivity index (χ0v) is 8.71. The molecule has 2 aromatic heterocycles. The molecule has 2 amide bonds. The molecule has 0 aliphatic rings. The van der Waals surface area contributed by atoms with Crippen molar-refractivity contribution in [2.45, 2.75) is 6.92 Å². The molecule has 0 unspecified atom stereocenters. The second-order valence-corrected chi connectivity index (χ2v) is 4.27. The smallest absolute Gasteiger partial charge is 0.321 e. The van der Waals surface area contributed by atoms with Crippen LogP contribution in [0.3, 0.4) is 0 Å². The predicted molar refractivity (Wildman–Crippen MR) is 55.8 cm³/mol. The van der Waals surface area contributed by atoms with Gasteiger partial charge in [-0.2, -0.15) is 0 Å². The fraction of sp³-hybridized carbons (Fsp3) is 0.250. The molecule has 2 heterocycles. The van der Waals surface area contributed by atoms with Crippen LogP contribution >= 0.6 is 11.3 Å². The van der Waals surface area contributed by atoms with Gasteiger partial charge in [0.15, 0.2) is 0 Å². The summed E-state index contributed by atoms with van der Waals surface area (Å²) >= 11 is 1.62. The largest absolute Gasteiger partial charge is 0.351 e. The Labute approximate surface area is 84.8 Å². The standard InChI is InChI=1S/C8H10N4OS/c1-5-4-12-6(14-5)3-10-8(12)11(2)7(9)13/h3-4H,1-2H3,(H2,9,13). The zero-order chi connectivity index (χ0) is 10.3. The van der Waals surface area contributed by atoms with Crippen molar-refractivity contribution < 1.29 is 4.79 Å². The van der Waals surface area contributed by atoms with E-state index in [4.69, 9.17) is 5.73 Å². The molecule has 0 fully saturated rings. The number of anilines is 1. The van der Waals surface area contributed by atoms with Crippen molar-refractivity contribution in [2.24, 2.45) is 5.73 Å². The molecule has 0 aliphatic carbocycles. The summed E-state index contributed by atoms with van der Waals surface area (Å²) in [5, 5.41) is 0. The number of hydrogen-bond acceptors (Lipinski definition) is 3. The minimum atomic E-state index is -0.513. The minimum absolute atomic E-state index is 0.513. The average Bonchev–Trinajstić information content (AvgIpc) is 2.61. The molecule has 0 radical (unpaired) electrons. The SMILES string of the molecule is Cc1cn2c(N(C)C(N)=O)ncc2s1. The summed E-state index contributed by atoms with van der Waals surface area (Å²) in [7, 11) is 1.60. The third kappa shape index (κ3) is 1.24. The lowest BCUT2D eigenvalue weighted by Crippen LogP contribution is -2.33. The molecule has 2 rings (SSSR count). The fourth-order valence-electron chi connectivity index (χ4n) is 1.25. The van der Waals surface area contributed by atoms with Crippen LogP contribution in [0, 0.1) is 6.92 Å². The first-order valence-corrected chi connectivity index (χ1v) is 4.88. The first-order valence-electron chi connectivity index (χ1n) is 4.06. The number of amides is 2. The van der Waals surface area contributed by atoms with Gasteiger partial charge in [-0.15, -0.1) is 11.3 Å². The van der Waals surface area contributed by atoms with Crippen molar-refractivity contribution in [3.8, 4) is 0 Å². The number of carbonyl (C=O) groups excluding carboxylic acids is 1. The van der Waals surface area contributed by atoms with Gasteiger partial charge in [-0.25, -0.2) is 9.78 Å². The highest BCUT2D eigenvalue weighted by molar-refractivity contribution is 7.17. The molecule has 2 N–H and O–H groups in total. The number of hydrogen-bond donors (Lipinski definition) is 1. The van der Waals surface area contributed by atoms with Crippen LogP contribution in [0.5, 0.6) is 0 Å². The Hall–Kier alpha value is -1.56. The number of thiazole rings is 1. The van der Waals surface area contributed by atoms with E-state index in [1.807, 2.05) is 17.5 Å². The predicted octanol–water partition coefficient (Wildman–Crippen LogP) is 1.22. The lowest BCUT2D eigenvalue weighted by Gasteiger charge is -2.10. The second kappa shape index (κ2) is 2.98. The van der Waals surface area contributed by atoms with Crippen LogP contribution in [0.25, 0.3) is 4.83 Å². The van der Waals surface area contributed by atoms with Gasteiger partial charge in [0.1, 0.15) is 4.83 Å². The Balaban J connectivity index is 2.56. The van der Waals surface area contributed by atoms with Gasteiger partial charge >= 0.3 is 6.03 Å². The van der Waals surface area contributed by atoms with Crippen molar-refractivity contribution in [1.29, 1.82) is 0 Å². The summed E-state index contributed by atoms with van der Waals surface area (Å²) in [6.45, 7) is 2.01. The van der Waals surface area contributed by atoms with E-state index in [2.05, 4.69) is 4.98 Å². The lowest BCUT2D eigenvalue weighted by atomic mass is 10.6. The number of rotatable bonds is 1. The highest BCUT2D eigenvalue weighted by atomic mass is 32.1. The summed E-state index contributed by atoms with van der Waals surface area (Å²) in [5.74, 6) is 0.553. The highest BCUT2D eigenvalue weighted by Gasteiger charge is 2.13. The van der Waals surface area contributed by atoms with Gasteiger partial charge < -0.3 is 5.73 Å². The van der Waals surface area contributed by atoms with Crippen LogP contribution in [0.4, 0.5) is 10.7 Å². The normalized spacial score (nSPS) is 10.7. The van der Waals surface area contributed by atoms with Crippen molar-refractivity contribution in [3.63, 3.8) is 0 Å². The molecule has 14 heavy (non-hydrogen) atoms. The van der Waals surface area contributed by atoms with Crippen LogP contribution < -0.4 is 10.6 Å². The number of fused-ring (bicyclic) bond motifs is 1. The van der Waals surface area contributed by atoms with E-state index in [0.29, 0.717) is 5.95 Å². The molecule has 0 saturated heterocycles. The van der Waals surface area contributed by atoms with Gasteiger partial charge in [0.2, 0.25) is 5.95 Å². The third-order valence-electron chi connectivity index (χ3n) is 1.95. The van der Waals surface area contributed by atoms with Gasteiger partial charge in [-0.05, 0) is 6.92 Å². The van der Waals surface area contributed by atoms with E-state index in [9.17, 15) is 4.79 Å². The second-order valence-electron chi connectivity index (χ2n) is 3.01. The summed E-state index contributed by atoms with van der Waals surface area (Å²) in [5.41, 5.74) is 5.16. The van der Waals surface area contributed by atoms with Gasteiger partial charge in [0, 0.05) is 18.1 Å². The topological polar surface area (TPSA) is 63.6 Å². The van der Waals surface area contributed by atoms with E-state index in [-0.39, 0.29) is 0 Å². The number of primary amides is 1. The van der Waals surface area contributed by atoms with E-state index in [1.165, 1.54) is 9.78 Å². The number of carbonyl (C=O) groups is 1. The van der Waals surface area contributed by atoms with Crippen LogP contribution in [0.15, 0.2) is 12.4 Å². The van der Waals surface area contributed by atoms with E-state index in [1.54, 1.807) is 24.6 Å². The van der Waals surface area contributed by atoms with Gasteiger partial charge in [0.05, 0.1) is 6.20 Å². The van der Waals surface area contributed by atoms with E-state index in [0.717, 1.165) is 4.83 Å². The van der Waals surface area contributed by atoms with Gasteiger partial charge in [0.25, 0.3) is 0 Å². The van der Waals surface area contributed by atoms with Crippen molar-refractivity contribution in [1.82, 2.24) is 9.38 Å². The quantitative estimate of drug-likeness (QED) is 0.769.